The van der Waals surface area contributed by atoms with E-state index >= 15 is 0 Å². The van der Waals surface area contributed by atoms with Crippen molar-refractivity contribution in [3.05, 3.63) is 18.5 Å². The van der Waals surface area contributed by atoms with Crippen LogP contribution in [0.25, 0.3) is 0 Å². The molecule has 1 aromatic heterocycles. The zero-order valence-corrected chi connectivity index (χ0v) is 12.5. The molecule has 0 spiro atoms. The smallest absolute Gasteiger partial charge is 0.233 e. The van der Waals surface area contributed by atoms with Crippen LogP contribution in [0, 0.1) is 5.41 Å². The fraction of sp³-hybridized carbons (Fsp3) is 0.643. The van der Waals surface area contributed by atoms with Crippen LogP contribution in [0.1, 0.15) is 38.5 Å². The molecule has 3 N–H and O–H groups in total. The topological polar surface area (TPSA) is 72.9 Å². The number of nitrogens with two attached hydrogens (primary N) is 1. The van der Waals surface area contributed by atoms with Gasteiger partial charge in [-0.05, 0) is 18.9 Å². The van der Waals surface area contributed by atoms with Gasteiger partial charge in [0.2, 0.25) is 5.91 Å². The average Bonchev–Trinajstić information content (AvgIpc) is 2.80. The van der Waals surface area contributed by atoms with Gasteiger partial charge in [0.25, 0.3) is 0 Å². The Morgan fingerprint density at radius 1 is 1.35 bits per heavy atom. The number of amides is 1. The minimum absolute atomic E-state index is 0.0148. The number of nitrogens with zero attached hydrogens (tertiary/aromatic N) is 2. The maximum Gasteiger partial charge on any atom is 0.233 e. The van der Waals surface area contributed by atoms with Crippen molar-refractivity contribution >= 4 is 23.1 Å². The van der Waals surface area contributed by atoms with E-state index in [2.05, 4.69) is 10.4 Å². The van der Waals surface area contributed by atoms with E-state index in [0.29, 0.717) is 18.1 Å². The van der Waals surface area contributed by atoms with Gasteiger partial charge < -0.3 is 11.1 Å². The fourth-order valence-electron chi connectivity index (χ4n) is 2.80. The van der Waals surface area contributed by atoms with Gasteiger partial charge >= 0.3 is 0 Å². The molecule has 0 radical (unpaired) electrons. The number of nitrogens with one attached hydrogen (secondary N) is 1. The second-order valence-corrected chi connectivity index (χ2v) is 5.83. The Morgan fingerprint density at radius 3 is 2.60 bits per heavy atom. The Bertz CT molecular complexity index is 450. The van der Waals surface area contributed by atoms with Gasteiger partial charge in [-0.1, -0.05) is 37.9 Å². The summed E-state index contributed by atoms with van der Waals surface area (Å²) in [5, 5.41) is 7.08. The zero-order valence-electron chi connectivity index (χ0n) is 11.7. The number of hydrogen-bond donors (Lipinski definition) is 2. The van der Waals surface area contributed by atoms with Gasteiger partial charge in [0.15, 0.2) is 0 Å². The lowest BCUT2D eigenvalue weighted by atomic mass is 9.79. The van der Waals surface area contributed by atoms with Gasteiger partial charge in [-0.15, -0.1) is 0 Å². The molecule has 0 aromatic carbocycles. The van der Waals surface area contributed by atoms with Crippen LogP contribution in [-0.4, -0.2) is 27.2 Å². The van der Waals surface area contributed by atoms with Crippen molar-refractivity contribution in [2.75, 3.05) is 6.54 Å². The van der Waals surface area contributed by atoms with E-state index in [9.17, 15) is 4.79 Å². The zero-order chi connectivity index (χ0) is 14.4. The molecule has 1 amide bonds. The Balaban J connectivity index is 1.94. The van der Waals surface area contributed by atoms with Crippen molar-refractivity contribution in [2.45, 2.75) is 45.1 Å². The SMILES string of the molecule is NC(=S)C1(C(=O)NCCn2cccn2)CCCCCC1. The fourth-order valence-corrected chi connectivity index (χ4v) is 3.10. The van der Waals surface area contributed by atoms with E-state index in [1.807, 2.05) is 12.3 Å². The number of aromatic nitrogens is 2. The molecule has 0 unspecified atom stereocenters. The summed E-state index contributed by atoms with van der Waals surface area (Å²) in [6.07, 6.45) is 9.50. The van der Waals surface area contributed by atoms with Crippen LogP contribution in [0.5, 0.6) is 0 Å². The first kappa shape index (κ1) is 15.0. The van der Waals surface area contributed by atoms with Crippen molar-refractivity contribution in [2.24, 2.45) is 11.1 Å². The highest BCUT2D eigenvalue weighted by Gasteiger charge is 2.41. The second-order valence-electron chi connectivity index (χ2n) is 5.39. The summed E-state index contributed by atoms with van der Waals surface area (Å²) in [7, 11) is 0. The summed E-state index contributed by atoms with van der Waals surface area (Å²) in [5.74, 6) is -0.0148. The lowest BCUT2D eigenvalue weighted by Crippen LogP contribution is -2.49. The molecule has 1 saturated carbocycles. The summed E-state index contributed by atoms with van der Waals surface area (Å²) in [6.45, 7) is 1.21. The van der Waals surface area contributed by atoms with Crippen molar-refractivity contribution < 1.29 is 4.79 Å². The molecular weight excluding hydrogens is 272 g/mol. The van der Waals surface area contributed by atoms with Crippen LogP contribution in [-0.2, 0) is 11.3 Å². The average molecular weight is 294 g/mol. The van der Waals surface area contributed by atoms with Crippen LogP contribution in [0.15, 0.2) is 18.5 Å². The molecule has 1 aromatic rings. The largest absolute Gasteiger partial charge is 0.392 e. The van der Waals surface area contributed by atoms with Crippen LogP contribution < -0.4 is 11.1 Å². The third-order valence-corrected chi connectivity index (χ3v) is 4.44. The summed E-state index contributed by atoms with van der Waals surface area (Å²) in [5.41, 5.74) is 5.25. The third-order valence-electron chi connectivity index (χ3n) is 4.05. The Morgan fingerprint density at radius 2 is 2.05 bits per heavy atom. The number of thiocarbonyl (C=S) groups is 1. The molecule has 2 rings (SSSR count). The highest BCUT2D eigenvalue weighted by molar-refractivity contribution is 7.80. The van der Waals surface area contributed by atoms with Crippen LogP contribution in [0.4, 0.5) is 0 Å². The molecule has 0 saturated heterocycles. The molecular formula is C14H22N4OS. The number of carbonyl (C=O) groups excluding carboxylic acids is 1. The highest BCUT2D eigenvalue weighted by atomic mass is 32.1. The minimum Gasteiger partial charge on any atom is -0.392 e. The first-order valence-corrected chi connectivity index (χ1v) is 7.62. The van der Waals surface area contributed by atoms with Gasteiger partial charge in [-0.25, -0.2) is 0 Å². The Kier molecular flexibility index (Phi) is 5.11. The van der Waals surface area contributed by atoms with Gasteiger partial charge in [-0.2, -0.15) is 5.10 Å². The van der Waals surface area contributed by atoms with Gasteiger partial charge in [0.1, 0.15) is 0 Å². The third kappa shape index (κ3) is 3.36. The van der Waals surface area contributed by atoms with Crippen LogP contribution in [0.2, 0.25) is 0 Å². The van der Waals surface area contributed by atoms with Crippen molar-refractivity contribution in [3.63, 3.8) is 0 Å². The van der Waals surface area contributed by atoms with Crippen LogP contribution >= 0.6 is 12.2 Å². The Hall–Kier alpha value is -1.43. The maximum absolute atomic E-state index is 12.5. The molecule has 5 nitrogen and oxygen atoms in total. The first-order chi connectivity index (χ1) is 9.65. The Labute approximate surface area is 124 Å². The van der Waals surface area contributed by atoms with Crippen molar-refractivity contribution in [3.8, 4) is 0 Å². The summed E-state index contributed by atoms with van der Waals surface area (Å²) < 4.78 is 1.79. The van der Waals surface area contributed by atoms with Gasteiger partial charge in [0.05, 0.1) is 16.9 Å². The first-order valence-electron chi connectivity index (χ1n) is 7.21. The quantitative estimate of drug-likeness (QED) is 0.639. The molecule has 20 heavy (non-hydrogen) atoms. The van der Waals surface area contributed by atoms with E-state index in [-0.39, 0.29) is 5.91 Å². The standard InChI is InChI=1S/C14H22N4OS/c15-12(20)14(6-3-1-2-4-7-14)13(19)16-9-11-18-10-5-8-17-18/h5,8,10H,1-4,6-7,9,11H2,(H2,15,20)(H,16,19). The molecule has 110 valence electrons. The second kappa shape index (κ2) is 6.83. The number of carbonyl (C=O) groups is 1. The summed E-state index contributed by atoms with van der Waals surface area (Å²) in [4.78, 5) is 12.9. The molecule has 1 aliphatic carbocycles. The molecule has 0 aliphatic heterocycles. The van der Waals surface area contributed by atoms with E-state index in [0.717, 1.165) is 38.5 Å². The minimum atomic E-state index is -0.643. The van der Waals surface area contributed by atoms with Crippen molar-refractivity contribution in [1.82, 2.24) is 15.1 Å². The lowest BCUT2D eigenvalue weighted by molar-refractivity contribution is -0.128. The van der Waals surface area contributed by atoms with E-state index in [1.165, 1.54) is 0 Å². The number of rotatable bonds is 5. The molecule has 6 heteroatoms. The van der Waals surface area contributed by atoms with E-state index in [1.54, 1.807) is 10.9 Å². The monoisotopic (exact) mass is 294 g/mol. The van der Waals surface area contributed by atoms with Crippen LogP contribution in [0.3, 0.4) is 0 Å². The molecule has 0 bridgehead atoms. The lowest BCUT2D eigenvalue weighted by Gasteiger charge is -2.30. The predicted octanol–water partition coefficient (Wildman–Crippen LogP) is 1.63. The maximum atomic E-state index is 12.5. The van der Waals surface area contributed by atoms with E-state index in [4.69, 9.17) is 18.0 Å². The predicted molar refractivity (Wildman–Crippen MR) is 82.2 cm³/mol. The van der Waals surface area contributed by atoms with Gasteiger partial charge in [0, 0.05) is 18.9 Å². The van der Waals surface area contributed by atoms with E-state index < -0.39 is 5.41 Å². The normalized spacial score (nSPS) is 18.2. The van der Waals surface area contributed by atoms with Gasteiger partial charge in [-0.3, -0.25) is 9.48 Å². The molecule has 1 fully saturated rings. The molecule has 0 atom stereocenters. The summed E-state index contributed by atoms with van der Waals surface area (Å²) >= 11 is 5.19. The number of hydrogen-bond acceptors (Lipinski definition) is 3. The summed E-state index contributed by atoms with van der Waals surface area (Å²) in [6, 6.07) is 1.86. The molecule has 1 aliphatic rings. The molecule has 1 heterocycles. The van der Waals surface area contributed by atoms with Crippen molar-refractivity contribution in [1.29, 1.82) is 0 Å². The highest BCUT2D eigenvalue weighted by Crippen LogP contribution is 2.35.